The number of nitrogens with zero attached hydrogens (tertiary/aromatic N) is 1. The number of rotatable bonds is 1. The van der Waals surface area contributed by atoms with E-state index in [1.54, 1.807) is 4.90 Å². The molecule has 0 spiro atoms. The van der Waals surface area contributed by atoms with E-state index >= 15 is 0 Å². The molecule has 5 heteroatoms. The van der Waals surface area contributed by atoms with Crippen LogP contribution in [-0.2, 0) is 9.47 Å². The predicted molar refractivity (Wildman–Crippen MR) is 70.6 cm³/mol. The Hall–Kier alpha value is -0.810. The number of piperidine rings is 1. The summed E-state index contributed by atoms with van der Waals surface area (Å²) in [7, 11) is 0. The molecule has 0 radical (unpaired) electrons. The lowest BCUT2D eigenvalue weighted by atomic mass is 9.84. The van der Waals surface area contributed by atoms with Gasteiger partial charge < -0.3 is 19.5 Å². The fourth-order valence-corrected chi connectivity index (χ4v) is 3.00. The molecule has 0 aromatic heterocycles. The maximum absolute atomic E-state index is 12.3. The predicted octanol–water partition coefficient (Wildman–Crippen LogP) is 1.99. The molecule has 5 nitrogen and oxygen atoms in total. The SMILES string of the molecule is CC1C[C@H](C)CN(C(=O)OC(C)(C)C)C1C1OC1O. The highest BCUT2D eigenvalue weighted by Gasteiger charge is 2.52. The number of carbonyl (C=O) groups is 1. The van der Waals surface area contributed by atoms with Gasteiger partial charge in [0, 0.05) is 6.54 Å². The van der Waals surface area contributed by atoms with E-state index in [1.165, 1.54) is 0 Å². The van der Waals surface area contributed by atoms with Crippen LogP contribution in [0.5, 0.6) is 0 Å². The highest BCUT2D eigenvalue weighted by molar-refractivity contribution is 5.69. The number of likely N-dealkylation sites (tertiary alicyclic amines) is 1. The Morgan fingerprint density at radius 2 is 1.95 bits per heavy atom. The first kappa shape index (κ1) is 14.6. The lowest BCUT2D eigenvalue weighted by Gasteiger charge is -2.42. The third kappa shape index (κ3) is 3.39. The highest BCUT2D eigenvalue weighted by Crippen LogP contribution is 2.37. The molecule has 1 amide bonds. The van der Waals surface area contributed by atoms with Gasteiger partial charge >= 0.3 is 6.09 Å². The van der Waals surface area contributed by atoms with Gasteiger partial charge in [-0.15, -0.1) is 0 Å². The van der Waals surface area contributed by atoms with Gasteiger partial charge in [-0.1, -0.05) is 13.8 Å². The topological polar surface area (TPSA) is 62.3 Å². The van der Waals surface area contributed by atoms with Crippen molar-refractivity contribution in [2.75, 3.05) is 6.54 Å². The van der Waals surface area contributed by atoms with Crippen LogP contribution in [0.3, 0.4) is 0 Å². The van der Waals surface area contributed by atoms with Crippen LogP contribution < -0.4 is 0 Å². The molecular formula is C14H25NO4. The average Bonchev–Trinajstić information content (AvgIpc) is 2.91. The molecule has 0 aromatic rings. The van der Waals surface area contributed by atoms with Crippen LogP contribution >= 0.6 is 0 Å². The summed E-state index contributed by atoms with van der Waals surface area (Å²) in [6.07, 6.45) is -0.254. The smallest absolute Gasteiger partial charge is 0.410 e. The fraction of sp³-hybridized carbons (Fsp3) is 0.929. The van der Waals surface area contributed by atoms with Gasteiger partial charge in [0.25, 0.3) is 0 Å². The molecule has 19 heavy (non-hydrogen) atoms. The summed E-state index contributed by atoms with van der Waals surface area (Å²) >= 11 is 0. The molecule has 110 valence electrons. The van der Waals surface area contributed by atoms with E-state index in [1.807, 2.05) is 20.8 Å². The Balaban J connectivity index is 2.11. The van der Waals surface area contributed by atoms with Gasteiger partial charge in [0.2, 0.25) is 0 Å². The van der Waals surface area contributed by atoms with Crippen molar-refractivity contribution in [2.45, 2.75) is 65.1 Å². The maximum Gasteiger partial charge on any atom is 0.410 e. The quantitative estimate of drug-likeness (QED) is 0.741. The van der Waals surface area contributed by atoms with Crippen molar-refractivity contribution in [2.24, 2.45) is 11.8 Å². The van der Waals surface area contributed by atoms with Crippen molar-refractivity contribution in [3.8, 4) is 0 Å². The zero-order valence-corrected chi connectivity index (χ0v) is 12.4. The summed E-state index contributed by atoms with van der Waals surface area (Å²) < 4.78 is 10.6. The maximum atomic E-state index is 12.3. The van der Waals surface area contributed by atoms with E-state index in [4.69, 9.17) is 9.47 Å². The van der Waals surface area contributed by atoms with Crippen molar-refractivity contribution in [1.29, 1.82) is 0 Å². The molecule has 2 aliphatic heterocycles. The van der Waals surface area contributed by atoms with Gasteiger partial charge in [0.15, 0.2) is 6.29 Å². The number of hydrogen-bond donors (Lipinski definition) is 1. The molecule has 2 fully saturated rings. The normalized spacial score (nSPS) is 39.1. The van der Waals surface area contributed by atoms with Crippen LogP contribution in [0.25, 0.3) is 0 Å². The molecule has 2 saturated heterocycles. The molecule has 0 bridgehead atoms. The van der Waals surface area contributed by atoms with Gasteiger partial charge in [0.05, 0.1) is 6.04 Å². The van der Waals surface area contributed by atoms with Gasteiger partial charge in [0.1, 0.15) is 11.7 Å². The van der Waals surface area contributed by atoms with Crippen LogP contribution in [0.15, 0.2) is 0 Å². The Kier molecular flexibility index (Phi) is 3.80. The third-order valence-electron chi connectivity index (χ3n) is 3.69. The first-order chi connectivity index (χ1) is 8.69. The van der Waals surface area contributed by atoms with E-state index in [0.717, 1.165) is 6.42 Å². The molecule has 1 N–H and O–H groups in total. The van der Waals surface area contributed by atoms with Crippen molar-refractivity contribution in [3.63, 3.8) is 0 Å². The second-order valence-electron chi connectivity index (χ2n) is 6.93. The summed E-state index contributed by atoms with van der Waals surface area (Å²) in [6.45, 7) is 10.5. The Bertz CT molecular complexity index is 352. The summed E-state index contributed by atoms with van der Waals surface area (Å²) in [4.78, 5) is 14.1. The van der Waals surface area contributed by atoms with Crippen molar-refractivity contribution in [1.82, 2.24) is 4.90 Å². The number of hydrogen-bond acceptors (Lipinski definition) is 4. The van der Waals surface area contributed by atoms with Gasteiger partial charge in [-0.05, 0) is 39.0 Å². The summed E-state index contributed by atoms with van der Waals surface area (Å²) in [5.74, 6) is 0.744. The first-order valence-electron chi connectivity index (χ1n) is 7.02. The Morgan fingerprint density at radius 3 is 2.42 bits per heavy atom. The molecule has 2 rings (SSSR count). The minimum atomic E-state index is -0.731. The zero-order valence-electron chi connectivity index (χ0n) is 12.4. The molecule has 4 unspecified atom stereocenters. The third-order valence-corrected chi connectivity index (χ3v) is 3.69. The number of carbonyl (C=O) groups excluding carboxylic acids is 1. The van der Waals surface area contributed by atoms with Gasteiger partial charge in [-0.2, -0.15) is 0 Å². The lowest BCUT2D eigenvalue weighted by Crippen LogP contribution is -2.54. The molecule has 2 heterocycles. The average molecular weight is 271 g/mol. The van der Waals surface area contributed by atoms with Crippen LogP contribution in [0.4, 0.5) is 4.79 Å². The lowest BCUT2D eigenvalue weighted by molar-refractivity contribution is -0.0118. The first-order valence-corrected chi connectivity index (χ1v) is 7.02. The number of aliphatic hydroxyl groups excluding tert-OH is 1. The van der Waals surface area contributed by atoms with Crippen LogP contribution in [0.1, 0.15) is 41.0 Å². The van der Waals surface area contributed by atoms with Gasteiger partial charge in [-0.25, -0.2) is 4.79 Å². The van der Waals surface area contributed by atoms with Crippen LogP contribution in [0.2, 0.25) is 0 Å². The van der Waals surface area contributed by atoms with E-state index in [-0.39, 0.29) is 18.2 Å². The van der Waals surface area contributed by atoms with Crippen molar-refractivity contribution in [3.05, 3.63) is 0 Å². The highest BCUT2D eigenvalue weighted by atomic mass is 16.7. The van der Waals surface area contributed by atoms with Crippen molar-refractivity contribution < 1.29 is 19.4 Å². The van der Waals surface area contributed by atoms with Crippen molar-refractivity contribution >= 4 is 6.09 Å². The largest absolute Gasteiger partial charge is 0.444 e. The summed E-state index contributed by atoms with van der Waals surface area (Å²) in [6, 6.07) is -0.0824. The molecular weight excluding hydrogens is 246 g/mol. The second kappa shape index (κ2) is 4.94. The zero-order chi connectivity index (χ0) is 14.4. The van der Waals surface area contributed by atoms with Crippen LogP contribution in [-0.4, -0.2) is 46.7 Å². The minimum absolute atomic E-state index is 0.0824. The minimum Gasteiger partial charge on any atom is -0.444 e. The Labute approximate surface area is 114 Å². The number of epoxide rings is 1. The summed E-state index contributed by atoms with van der Waals surface area (Å²) in [5, 5.41) is 9.49. The Morgan fingerprint density at radius 1 is 1.37 bits per heavy atom. The molecule has 0 aliphatic carbocycles. The fourth-order valence-electron chi connectivity index (χ4n) is 3.00. The molecule has 5 atom stereocenters. The second-order valence-corrected chi connectivity index (χ2v) is 6.93. The van der Waals surface area contributed by atoms with Crippen LogP contribution in [0, 0.1) is 11.8 Å². The molecule has 0 aromatic carbocycles. The number of aliphatic hydroxyl groups is 1. The van der Waals surface area contributed by atoms with E-state index in [9.17, 15) is 9.90 Å². The molecule has 2 aliphatic rings. The molecule has 0 saturated carbocycles. The van der Waals surface area contributed by atoms with E-state index < -0.39 is 11.9 Å². The van der Waals surface area contributed by atoms with Gasteiger partial charge in [-0.3, -0.25) is 0 Å². The summed E-state index contributed by atoms with van der Waals surface area (Å²) in [5.41, 5.74) is -0.505. The monoisotopic (exact) mass is 271 g/mol. The number of amides is 1. The van der Waals surface area contributed by atoms with E-state index in [0.29, 0.717) is 18.4 Å². The number of ether oxygens (including phenoxy) is 2. The standard InChI is InChI=1S/C14H25NO4/c1-8-6-9(2)10(11-12(16)18-11)15(7-8)13(17)19-14(3,4)5/h8-12,16H,6-7H2,1-5H3/t8-,9?,10?,11?,12?/m0/s1. The van der Waals surface area contributed by atoms with E-state index in [2.05, 4.69) is 13.8 Å².